The molecule has 1 fully saturated rings. The van der Waals surface area contributed by atoms with E-state index in [0.29, 0.717) is 6.54 Å². The molecule has 1 heterocycles. The number of nitrogens with one attached hydrogen (secondary N) is 2. The summed E-state index contributed by atoms with van der Waals surface area (Å²) < 4.78 is 0. The summed E-state index contributed by atoms with van der Waals surface area (Å²) in [6.07, 6.45) is 7.02. The van der Waals surface area contributed by atoms with E-state index < -0.39 is 0 Å². The Bertz CT molecular complexity index is 1090. The molecule has 1 saturated carbocycles. The van der Waals surface area contributed by atoms with Gasteiger partial charge in [-0.2, -0.15) is 5.10 Å². The number of hydrogen-bond acceptors (Lipinski definition) is 2. The molecule has 4 rings (SSSR count). The highest BCUT2D eigenvalue weighted by molar-refractivity contribution is 5.91. The van der Waals surface area contributed by atoms with E-state index in [0.717, 1.165) is 52.2 Å². The second kappa shape index (κ2) is 10.2. The van der Waals surface area contributed by atoms with Gasteiger partial charge in [0.2, 0.25) is 0 Å². The van der Waals surface area contributed by atoms with Crippen molar-refractivity contribution in [2.24, 2.45) is 0 Å². The zero-order valence-corrected chi connectivity index (χ0v) is 20.4. The molecule has 0 aliphatic heterocycles. The van der Waals surface area contributed by atoms with Crippen LogP contribution in [0.2, 0.25) is 0 Å². The van der Waals surface area contributed by atoms with E-state index in [4.69, 9.17) is 0 Å². The van der Waals surface area contributed by atoms with Crippen LogP contribution >= 0.6 is 0 Å². The van der Waals surface area contributed by atoms with Crippen LogP contribution in [0.5, 0.6) is 0 Å². The number of hydrogen-bond donors (Lipinski definition) is 2. The number of amides is 2. The van der Waals surface area contributed by atoms with Crippen LogP contribution in [0.1, 0.15) is 66.5 Å². The quantitative estimate of drug-likeness (QED) is 0.414. The lowest BCUT2D eigenvalue weighted by molar-refractivity contribution is 0.175. The maximum absolute atomic E-state index is 13.7. The molecular formula is C28H36N4O. The Morgan fingerprint density at radius 2 is 1.70 bits per heavy atom. The number of carbonyl (C=O) groups is 1. The van der Waals surface area contributed by atoms with Gasteiger partial charge in [0.1, 0.15) is 0 Å². The van der Waals surface area contributed by atoms with Crippen molar-refractivity contribution >= 4 is 11.7 Å². The van der Waals surface area contributed by atoms with Crippen LogP contribution in [0.3, 0.4) is 0 Å². The Labute approximate surface area is 197 Å². The van der Waals surface area contributed by atoms with Gasteiger partial charge in [0.25, 0.3) is 0 Å². The maximum Gasteiger partial charge on any atom is 0.322 e. The fraction of sp³-hybridized carbons (Fsp3) is 0.429. The molecular weight excluding hydrogens is 408 g/mol. The average Bonchev–Trinajstić information content (AvgIpc) is 3.04. The number of aromatic nitrogens is 2. The first-order valence-corrected chi connectivity index (χ1v) is 12.2. The predicted octanol–water partition coefficient (Wildman–Crippen LogP) is 7.07. The van der Waals surface area contributed by atoms with Gasteiger partial charge in [0, 0.05) is 29.5 Å². The van der Waals surface area contributed by atoms with Gasteiger partial charge in [-0.15, -0.1) is 0 Å². The van der Waals surface area contributed by atoms with E-state index in [1.54, 1.807) is 0 Å². The molecule has 2 amide bonds. The van der Waals surface area contributed by atoms with Crippen LogP contribution in [-0.2, 0) is 6.54 Å². The standard InChI is InChI=1S/C28H36N4O/c1-19-14-20(2)27(21(3)15-19)29-28(33)32(25-12-7-5-6-8-13-25)18-23-10-9-11-24(17-23)26-16-22(4)30-31-26/h9-11,14-17,25H,5-8,12-13,18H2,1-4H3,(H,29,33)(H,30,31). The van der Waals surface area contributed by atoms with Gasteiger partial charge < -0.3 is 10.2 Å². The molecule has 33 heavy (non-hydrogen) atoms. The number of H-pyrrole nitrogens is 1. The normalized spacial score (nSPS) is 14.7. The predicted molar refractivity (Wildman–Crippen MR) is 135 cm³/mol. The maximum atomic E-state index is 13.7. The zero-order valence-electron chi connectivity index (χ0n) is 20.4. The van der Waals surface area contributed by atoms with Gasteiger partial charge in [0.15, 0.2) is 0 Å². The Kier molecular flexibility index (Phi) is 7.17. The van der Waals surface area contributed by atoms with E-state index in [1.807, 2.05) is 6.92 Å². The summed E-state index contributed by atoms with van der Waals surface area (Å²) >= 11 is 0. The monoisotopic (exact) mass is 444 g/mol. The number of aromatic amines is 1. The van der Waals surface area contributed by atoms with E-state index in [-0.39, 0.29) is 12.1 Å². The topological polar surface area (TPSA) is 61.0 Å². The second-order valence-corrected chi connectivity index (χ2v) is 9.61. The lowest BCUT2D eigenvalue weighted by atomic mass is 10.0. The lowest BCUT2D eigenvalue weighted by Gasteiger charge is -2.32. The summed E-state index contributed by atoms with van der Waals surface area (Å²) in [4.78, 5) is 15.7. The molecule has 5 heteroatoms. The summed E-state index contributed by atoms with van der Waals surface area (Å²) in [5.74, 6) is 0. The van der Waals surface area contributed by atoms with Crippen LogP contribution in [-0.4, -0.2) is 27.2 Å². The van der Waals surface area contributed by atoms with Crippen molar-refractivity contribution in [2.45, 2.75) is 78.8 Å². The van der Waals surface area contributed by atoms with Crippen molar-refractivity contribution < 1.29 is 4.79 Å². The first kappa shape index (κ1) is 23.1. The molecule has 0 saturated heterocycles. The minimum absolute atomic E-state index is 0.00188. The van der Waals surface area contributed by atoms with Gasteiger partial charge in [-0.25, -0.2) is 4.79 Å². The molecule has 2 N–H and O–H groups in total. The third-order valence-electron chi connectivity index (χ3n) is 6.72. The molecule has 2 aromatic carbocycles. The highest BCUT2D eigenvalue weighted by Crippen LogP contribution is 2.28. The average molecular weight is 445 g/mol. The van der Waals surface area contributed by atoms with Crippen molar-refractivity contribution in [1.29, 1.82) is 0 Å². The van der Waals surface area contributed by atoms with Crippen molar-refractivity contribution in [2.75, 3.05) is 5.32 Å². The molecule has 0 spiro atoms. The van der Waals surface area contributed by atoms with E-state index in [2.05, 4.69) is 83.6 Å². The third-order valence-corrected chi connectivity index (χ3v) is 6.72. The Hall–Kier alpha value is -3.08. The minimum Gasteiger partial charge on any atom is -0.317 e. The largest absolute Gasteiger partial charge is 0.322 e. The Morgan fingerprint density at radius 3 is 2.33 bits per heavy atom. The molecule has 174 valence electrons. The summed E-state index contributed by atoms with van der Waals surface area (Å²) in [7, 11) is 0. The fourth-order valence-corrected chi connectivity index (χ4v) is 5.08. The number of urea groups is 1. The third kappa shape index (κ3) is 5.65. The summed E-state index contributed by atoms with van der Waals surface area (Å²) in [6.45, 7) is 8.84. The highest BCUT2D eigenvalue weighted by Gasteiger charge is 2.26. The molecule has 5 nitrogen and oxygen atoms in total. The molecule has 0 unspecified atom stereocenters. The summed E-state index contributed by atoms with van der Waals surface area (Å²) in [6, 6.07) is 15.0. The molecule has 1 aromatic heterocycles. The van der Waals surface area contributed by atoms with Crippen molar-refractivity contribution in [3.63, 3.8) is 0 Å². The molecule has 1 aliphatic carbocycles. The number of benzene rings is 2. The van der Waals surface area contributed by atoms with Gasteiger partial charge in [0.05, 0.1) is 5.69 Å². The number of aryl methyl sites for hydroxylation is 4. The van der Waals surface area contributed by atoms with Crippen molar-refractivity contribution in [3.8, 4) is 11.3 Å². The van der Waals surface area contributed by atoms with Gasteiger partial charge >= 0.3 is 6.03 Å². The van der Waals surface area contributed by atoms with Crippen LogP contribution in [0.4, 0.5) is 10.5 Å². The fourth-order valence-electron chi connectivity index (χ4n) is 5.08. The van der Waals surface area contributed by atoms with Crippen LogP contribution in [0.15, 0.2) is 42.5 Å². The molecule has 0 atom stereocenters. The number of anilines is 1. The van der Waals surface area contributed by atoms with E-state index in [1.165, 1.54) is 31.2 Å². The minimum atomic E-state index is -0.00188. The number of carbonyl (C=O) groups excluding carboxylic acids is 1. The SMILES string of the molecule is Cc1cc(C)c(NC(=O)N(Cc2cccc(-c3cc(C)[nH]n3)c2)C2CCCCCC2)c(C)c1. The van der Waals surface area contributed by atoms with Crippen LogP contribution < -0.4 is 5.32 Å². The zero-order chi connectivity index (χ0) is 23.4. The molecule has 0 radical (unpaired) electrons. The summed E-state index contributed by atoms with van der Waals surface area (Å²) in [5.41, 5.74) is 8.55. The number of rotatable bonds is 5. The first-order valence-electron chi connectivity index (χ1n) is 12.2. The Balaban J connectivity index is 1.61. The second-order valence-electron chi connectivity index (χ2n) is 9.61. The van der Waals surface area contributed by atoms with Gasteiger partial charge in [-0.3, -0.25) is 5.10 Å². The smallest absolute Gasteiger partial charge is 0.317 e. The highest BCUT2D eigenvalue weighted by atomic mass is 16.2. The lowest BCUT2D eigenvalue weighted by Crippen LogP contribution is -2.42. The van der Waals surface area contributed by atoms with Gasteiger partial charge in [-0.05, 0) is 69.4 Å². The van der Waals surface area contributed by atoms with Gasteiger partial charge in [-0.1, -0.05) is 61.6 Å². The van der Waals surface area contributed by atoms with Crippen molar-refractivity contribution in [1.82, 2.24) is 15.1 Å². The molecule has 1 aliphatic rings. The first-order chi connectivity index (χ1) is 15.9. The Morgan fingerprint density at radius 1 is 1.00 bits per heavy atom. The van der Waals surface area contributed by atoms with Crippen molar-refractivity contribution in [3.05, 3.63) is 70.4 Å². The molecule has 0 bridgehead atoms. The van der Waals surface area contributed by atoms with Crippen LogP contribution in [0.25, 0.3) is 11.3 Å². The van der Waals surface area contributed by atoms with Crippen LogP contribution in [0, 0.1) is 27.7 Å². The molecule has 3 aromatic rings. The number of nitrogens with zero attached hydrogens (tertiary/aromatic N) is 2. The van der Waals surface area contributed by atoms with E-state index in [9.17, 15) is 4.79 Å². The summed E-state index contributed by atoms with van der Waals surface area (Å²) in [5, 5.41) is 10.7. The van der Waals surface area contributed by atoms with E-state index >= 15 is 0 Å².